The van der Waals surface area contributed by atoms with Gasteiger partial charge in [0, 0.05) is 45.2 Å². The molecule has 0 heterocycles. The molecule has 0 spiro atoms. The minimum Gasteiger partial charge on any atom is -0.336 e. The highest BCUT2D eigenvalue weighted by Crippen LogP contribution is 2.48. The van der Waals surface area contributed by atoms with Gasteiger partial charge in [0.05, 0.1) is 11.4 Å². The number of anilines is 4. The molecule has 0 aromatic heterocycles. The maximum absolute atomic E-state index is 3.97. The van der Waals surface area contributed by atoms with E-state index in [1.165, 1.54) is 60.9 Å². The third-order valence-corrected chi connectivity index (χ3v) is 8.73. The van der Waals surface area contributed by atoms with Gasteiger partial charge in [-0.3, -0.25) is 0 Å². The number of benzene rings is 6. The summed E-state index contributed by atoms with van der Waals surface area (Å²) in [5.41, 5.74) is 12.0. The van der Waals surface area contributed by atoms with E-state index in [0.29, 0.717) is 0 Å². The van der Waals surface area contributed by atoms with E-state index in [1.54, 1.807) is 0 Å². The molecule has 0 saturated carbocycles. The van der Waals surface area contributed by atoms with Gasteiger partial charge in [-0.05, 0) is 70.5 Å². The summed E-state index contributed by atoms with van der Waals surface area (Å²) in [5, 5.41) is 4.84. The van der Waals surface area contributed by atoms with Crippen LogP contribution in [0, 0.1) is 20.8 Å². The summed E-state index contributed by atoms with van der Waals surface area (Å²) in [6.07, 6.45) is 6.24. The normalized spacial score (nSPS) is 12.0. The van der Waals surface area contributed by atoms with Crippen LogP contribution in [0.25, 0.3) is 21.5 Å². The van der Waals surface area contributed by atoms with E-state index in [4.69, 9.17) is 0 Å². The molecule has 2 nitrogen and oxygen atoms in total. The Kier molecular flexibility index (Phi) is 8.90. The second kappa shape index (κ2) is 13.3. The van der Waals surface area contributed by atoms with Gasteiger partial charge in [-0.15, -0.1) is 0 Å². The number of aryl methyl sites for hydroxylation is 3. The molecule has 0 bridgehead atoms. The molecule has 6 aromatic carbocycles. The fourth-order valence-electron chi connectivity index (χ4n) is 6.11. The van der Waals surface area contributed by atoms with E-state index in [1.807, 2.05) is 6.08 Å². The standard InChI is InChI=1S/C44H42N2/c1-7-31(2)16-23-35(6)46(38-28-21-34(5)22-29-38)44-41-14-10-8-12-39(41)43(40-13-9-11-15-42(40)44)45(37-26-19-33(4)20-27-37)30-36-24-17-32(3)18-25-36/h7-29H,1,30H2,2-6H3/b31-16-,35-23+. The van der Waals surface area contributed by atoms with Crippen molar-refractivity contribution in [1.29, 1.82) is 0 Å². The number of hydrogen-bond acceptors (Lipinski definition) is 2. The fraction of sp³-hybridized carbons (Fsp3) is 0.136. The molecular formula is C44H42N2. The van der Waals surface area contributed by atoms with Crippen molar-refractivity contribution < 1.29 is 0 Å². The highest BCUT2D eigenvalue weighted by molar-refractivity contribution is 6.21. The molecule has 0 N–H and O–H groups in total. The first-order valence-corrected chi connectivity index (χ1v) is 16.0. The van der Waals surface area contributed by atoms with Crippen molar-refractivity contribution in [3.05, 3.63) is 180 Å². The van der Waals surface area contributed by atoms with Crippen LogP contribution in [0.1, 0.15) is 36.1 Å². The number of nitrogens with zero attached hydrogens (tertiary/aromatic N) is 2. The lowest BCUT2D eigenvalue weighted by atomic mass is 9.95. The van der Waals surface area contributed by atoms with Gasteiger partial charge in [-0.1, -0.05) is 138 Å². The highest BCUT2D eigenvalue weighted by Gasteiger charge is 2.24. The Bertz CT molecular complexity index is 2000. The monoisotopic (exact) mass is 598 g/mol. The van der Waals surface area contributed by atoms with Crippen molar-refractivity contribution in [3.8, 4) is 0 Å². The molecule has 6 rings (SSSR count). The van der Waals surface area contributed by atoms with Crippen LogP contribution >= 0.6 is 0 Å². The summed E-state index contributed by atoms with van der Waals surface area (Å²) in [4.78, 5) is 4.91. The number of fused-ring (bicyclic) bond motifs is 2. The lowest BCUT2D eigenvalue weighted by molar-refractivity contribution is 0.983. The smallest absolute Gasteiger partial charge is 0.0616 e. The average molecular weight is 599 g/mol. The average Bonchev–Trinajstić information content (AvgIpc) is 3.08. The van der Waals surface area contributed by atoms with Gasteiger partial charge in [0.2, 0.25) is 0 Å². The van der Waals surface area contributed by atoms with Gasteiger partial charge in [-0.25, -0.2) is 0 Å². The van der Waals surface area contributed by atoms with Crippen molar-refractivity contribution in [3.63, 3.8) is 0 Å². The molecular weight excluding hydrogens is 556 g/mol. The third-order valence-electron chi connectivity index (χ3n) is 8.73. The molecule has 0 atom stereocenters. The molecule has 0 aliphatic carbocycles. The van der Waals surface area contributed by atoms with Crippen LogP contribution < -0.4 is 9.80 Å². The van der Waals surface area contributed by atoms with E-state index < -0.39 is 0 Å². The summed E-state index contributed by atoms with van der Waals surface area (Å²) in [5.74, 6) is 0. The molecule has 0 aliphatic rings. The topological polar surface area (TPSA) is 6.48 Å². The minimum atomic E-state index is 0.753. The van der Waals surface area contributed by atoms with Gasteiger partial charge < -0.3 is 9.80 Å². The Labute approximate surface area is 274 Å². The highest BCUT2D eigenvalue weighted by atomic mass is 15.2. The lowest BCUT2D eigenvalue weighted by Crippen LogP contribution is -2.19. The zero-order chi connectivity index (χ0) is 32.2. The van der Waals surface area contributed by atoms with Crippen molar-refractivity contribution >= 4 is 44.3 Å². The van der Waals surface area contributed by atoms with E-state index in [2.05, 4.69) is 184 Å². The molecule has 0 aliphatic heterocycles. The molecule has 0 radical (unpaired) electrons. The predicted molar refractivity (Wildman–Crippen MR) is 201 cm³/mol. The Morgan fingerprint density at radius 1 is 0.543 bits per heavy atom. The van der Waals surface area contributed by atoms with Crippen LogP contribution in [-0.2, 0) is 6.54 Å². The fourth-order valence-corrected chi connectivity index (χ4v) is 6.11. The number of rotatable bonds is 9. The maximum Gasteiger partial charge on any atom is 0.0616 e. The molecule has 46 heavy (non-hydrogen) atoms. The second-order valence-electron chi connectivity index (χ2n) is 12.3. The van der Waals surface area contributed by atoms with Crippen LogP contribution in [0.5, 0.6) is 0 Å². The Hall–Kier alpha value is -5.34. The molecule has 2 heteroatoms. The zero-order valence-corrected chi connectivity index (χ0v) is 27.6. The summed E-state index contributed by atoms with van der Waals surface area (Å²) < 4.78 is 0. The van der Waals surface area contributed by atoms with Gasteiger partial charge >= 0.3 is 0 Å². The molecule has 0 amide bonds. The van der Waals surface area contributed by atoms with Crippen molar-refractivity contribution in [2.24, 2.45) is 0 Å². The molecule has 228 valence electrons. The minimum absolute atomic E-state index is 0.753. The maximum atomic E-state index is 3.97. The predicted octanol–water partition coefficient (Wildman–Crippen LogP) is 12.4. The van der Waals surface area contributed by atoms with Crippen LogP contribution in [0.3, 0.4) is 0 Å². The number of allylic oxidation sites excluding steroid dienone is 5. The summed E-state index contributed by atoms with van der Waals surface area (Å²) in [7, 11) is 0. The first-order chi connectivity index (χ1) is 22.3. The van der Waals surface area contributed by atoms with Crippen LogP contribution in [-0.4, -0.2) is 0 Å². The second-order valence-corrected chi connectivity index (χ2v) is 12.3. The van der Waals surface area contributed by atoms with Crippen molar-refractivity contribution in [2.45, 2.75) is 41.2 Å². The van der Waals surface area contributed by atoms with Gasteiger partial charge in [-0.2, -0.15) is 0 Å². The van der Waals surface area contributed by atoms with E-state index in [-0.39, 0.29) is 0 Å². The van der Waals surface area contributed by atoms with Crippen LogP contribution in [0.4, 0.5) is 22.7 Å². The molecule has 6 aromatic rings. The first kappa shape index (κ1) is 30.7. The van der Waals surface area contributed by atoms with Gasteiger partial charge in [0.25, 0.3) is 0 Å². The van der Waals surface area contributed by atoms with E-state index in [9.17, 15) is 0 Å². The quantitative estimate of drug-likeness (QED) is 0.0928. The van der Waals surface area contributed by atoms with E-state index in [0.717, 1.165) is 23.5 Å². The summed E-state index contributed by atoms with van der Waals surface area (Å²) in [6, 6.07) is 44.5. The van der Waals surface area contributed by atoms with Crippen LogP contribution in [0.2, 0.25) is 0 Å². The molecule has 0 saturated heterocycles. The van der Waals surface area contributed by atoms with Crippen molar-refractivity contribution in [1.82, 2.24) is 0 Å². The lowest BCUT2D eigenvalue weighted by Gasteiger charge is -2.33. The molecule has 0 fully saturated rings. The Balaban J connectivity index is 1.68. The Morgan fingerprint density at radius 2 is 0.978 bits per heavy atom. The zero-order valence-electron chi connectivity index (χ0n) is 27.6. The SMILES string of the molecule is C=C/C(C)=C\C=C(/C)N(c1ccc(C)cc1)c1c2ccccc2c(N(Cc2ccc(C)cc2)c2ccc(C)cc2)c2ccccc12. The summed E-state index contributed by atoms with van der Waals surface area (Å²) >= 11 is 0. The Morgan fingerprint density at radius 3 is 1.46 bits per heavy atom. The van der Waals surface area contributed by atoms with Crippen LogP contribution in [0.15, 0.2) is 157 Å². The van der Waals surface area contributed by atoms with Crippen molar-refractivity contribution in [2.75, 3.05) is 9.80 Å². The van der Waals surface area contributed by atoms with Gasteiger partial charge in [0.1, 0.15) is 0 Å². The molecule has 0 unspecified atom stereocenters. The third kappa shape index (κ3) is 6.25. The summed E-state index contributed by atoms with van der Waals surface area (Å²) in [6.45, 7) is 15.4. The number of hydrogen-bond donors (Lipinski definition) is 0. The largest absolute Gasteiger partial charge is 0.336 e. The van der Waals surface area contributed by atoms with E-state index >= 15 is 0 Å². The van der Waals surface area contributed by atoms with Gasteiger partial charge in [0.15, 0.2) is 0 Å². The first-order valence-electron chi connectivity index (χ1n) is 16.0.